The Morgan fingerprint density at radius 3 is 2.27 bits per heavy atom. The topological polar surface area (TPSA) is 102 Å². The Bertz CT molecular complexity index is 1020. The number of hydrogen-bond donors (Lipinski definition) is 2. The maximum atomic E-state index is 12.5. The van der Waals surface area contributed by atoms with Gasteiger partial charge in [-0.1, -0.05) is 43.1 Å². The smallest absolute Gasteiger partial charge is 0.324 e. The van der Waals surface area contributed by atoms with Crippen molar-refractivity contribution in [1.29, 1.82) is 0 Å². The van der Waals surface area contributed by atoms with E-state index in [1.165, 1.54) is 24.3 Å². The van der Waals surface area contributed by atoms with Gasteiger partial charge in [-0.15, -0.1) is 0 Å². The summed E-state index contributed by atoms with van der Waals surface area (Å²) < 4.78 is 32.4. The second kappa shape index (κ2) is 10.3. The first-order valence-electron chi connectivity index (χ1n) is 9.00. The lowest BCUT2D eigenvalue weighted by atomic mass is 10.1. The minimum atomic E-state index is -3.99. The summed E-state index contributed by atoms with van der Waals surface area (Å²) in [6.07, 6.45) is 0. The van der Waals surface area contributed by atoms with E-state index in [-0.39, 0.29) is 4.90 Å². The number of benzene rings is 2. The highest BCUT2D eigenvalue weighted by Crippen LogP contribution is 2.20. The maximum Gasteiger partial charge on any atom is 0.324 e. The van der Waals surface area contributed by atoms with Gasteiger partial charge in [0.15, 0.2) is 6.61 Å². The van der Waals surface area contributed by atoms with Gasteiger partial charge in [-0.05, 0) is 54.8 Å². The van der Waals surface area contributed by atoms with Crippen LogP contribution < -0.4 is 10.0 Å². The van der Waals surface area contributed by atoms with E-state index >= 15 is 0 Å². The standard InChI is InChI=1S/C20H22Cl2N2O5S/c1-12(2)19(24-30(27,28)16-8-5-14(21)6-9-16)20(26)29-11-18(25)23-15-7-4-13(3)17(22)10-15/h4-10,12,19,24H,11H2,1-3H3,(H,23,25)/t19-/m0/s1. The van der Waals surface area contributed by atoms with Crippen molar-refractivity contribution in [3.05, 3.63) is 58.1 Å². The molecule has 0 bridgehead atoms. The van der Waals surface area contributed by atoms with Gasteiger partial charge in [0, 0.05) is 15.7 Å². The summed E-state index contributed by atoms with van der Waals surface area (Å²) in [6, 6.07) is 9.32. The molecule has 0 saturated heterocycles. The molecule has 0 radical (unpaired) electrons. The number of aryl methyl sites for hydroxylation is 1. The molecule has 0 aliphatic heterocycles. The van der Waals surface area contributed by atoms with Crippen LogP contribution in [0.15, 0.2) is 47.4 Å². The molecule has 0 spiro atoms. The van der Waals surface area contributed by atoms with Gasteiger partial charge in [0.05, 0.1) is 4.90 Å². The molecule has 0 aliphatic rings. The summed E-state index contributed by atoms with van der Waals surface area (Å²) in [4.78, 5) is 24.5. The normalized spacial score (nSPS) is 12.5. The zero-order valence-corrected chi connectivity index (χ0v) is 18.9. The monoisotopic (exact) mass is 472 g/mol. The van der Waals surface area contributed by atoms with E-state index in [1.54, 1.807) is 32.0 Å². The van der Waals surface area contributed by atoms with Crippen LogP contribution in [0.1, 0.15) is 19.4 Å². The van der Waals surface area contributed by atoms with Crippen molar-refractivity contribution in [1.82, 2.24) is 4.72 Å². The number of carbonyl (C=O) groups excluding carboxylic acids is 2. The van der Waals surface area contributed by atoms with Gasteiger partial charge in [-0.2, -0.15) is 4.72 Å². The lowest BCUT2D eigenvalue weighted by Crippen LogP contribution is -2.45. The largest absolute Gasteiger partial charge is 0.454 e. The molecule has 0 heterocycles. The minimum Gasteiger partial charge on any atom is -0.454 e. The van der Waals surface area contributed by atoms with Crippen molar-refractivity contribution in [2.24, 2.45) is 5.92 Å². The summed E-state index contributed by atoms with van der Waals surface area (Å²) in [7, 11) is -3.99. The molecule has 0 unspecified atom stereocenters. The van der Waals surface area contributed by atoms with Crippen molar-refractivity contribution in [2.45, 2.75) is 31.7 Å². The first-order valence-corrected chi connectivity index (χ1v) is 11.2. The van der Waals surface area contributed by atoms with Crippen LogP contribution in [0, 0.1) is 12.8 Å². The third-order valence-electron chi connectivity index (χ3n) is 4.13. The first kappa shape index (κ1) is 24.1. The minimum absolute atomic E-state index is 0.0423. The Hall–Kier alpha value is -2.13. The SMILES string of the molecule is Cc1ccc(NC(=O)COC(=O)[C@@H](NS(=O)(=O)c2ccc(Cl)cc2)C(C)C)cc1Cl. The van der Waals surface area contributed by atoms with Crippen molar-refractivity contribution in [3.8, 4) is 0 Å². The number of rotatable bonds is 8. The van der Waals surface area contributed by atoms with Crippen LogP contribution in [0.2, 0.25) is 10.0 Å². The zero-order chi connectivity index (χ0) is 22.5. The number of ether oxygens (including phenoxy) is 1. The molecule has 1 atom stereocenters. The number of halogens is 2. The Kier molecular flexibility index (Phi) is 8.25. The molecular formula is C20H22Cl2N2O5S. The lowest BCUT2D eigenvalue weighted by Gasteiger charge is -2.20. The van der Waals surface area contributed by atoms with E-state index in [2.05, 4.69) is 10.0 Å². The fourth-order valence-corrected chi connectivity index (χ4v) is 4.04. The Labute approximate surface area is 185 Å². The highest BCUT2D eigenvalue weighted by Gasteiger charge is 2.30. The van der Waals surface area contributed by atoms with Gasteiger partial charge in [0.2, 0.25) is 10.0 Å². The van der Waals surface area contributed by atoms with Crippen molar-refractivity contribution >= 4 is 50.8 Å². The van der Waals surface area contributed by atoms with Crippen molar-refractivity contribution < 1.29 is 22.7 Å². The molecule has 0 fully saturated rings. The van der Waals surface area contributed by atoms with Crippen LogP contribution in [0.5, 0.6) is 0 Å². The Morgan fingerprint density at radius 2 is 1.70 bits per heavy atom. The highest BCUT2D eigenvalue weighted by molar-refractivity contribution is 7.89. The van der Waals surface area contributed by atoms with Crippen molar-refractivity contribution in [2.75, 3.05) is 11.9 Å². The van der Waals surface area contributed by atoms with E-state index in [1.807, 2.05) is 6.92 Å². The number of nitrogens with one attached hydrogen (secondary N) is 2. The lowest BCUT2D eigenvalue weighted by molar-refractivity contribution is -0.150. The molecule has 2 N–H and O–H groups in total. The molecule has 30 heavy (non-hydrogen) atoms. The molecule has 10 heteroatoms. The maximum absolute atomic E-state index is 12.5. The average Bonchev–Trinajstić information content (AvgIpc) is 2.67. The molecule has 7 nitrogen and oxygen atoms in total. The van der Waals surface area contributed by atoms with E-state index in [9.17, 15) is 18.0 Å². The van der Waals surface area contributed by atoms with Crippen LogP contribution >= 0.6 is 23.2 Å². The Balaban J connectivity index is 2.00. The number of esters is 1. The van der Waals surface area contributed by atoms with Crippen LogP contribution in [0.25, 0.3) is 0 Å². The highest BCUT2D eigenvalue weighted by atomic mass is 35.5. The van der Waals surface area contributed by atoms with Crippen LogP contribution in [0.4, 0.5) is 5.69 Å². The van der Waals surface area contributed by atoms with E-state index in [0.717, 1.165) is 5.56 Å². The molecule has 162 valence electrons. The Morgan fingerprint density at radius 1 is 1.07 bits per heavy atom. The summed E-state index contributed by atoms with van der Waals surface area (Å²) in [6.45, 7) is 4.57. The molecule has 2 aromatic carbocycles. The molecule has 0 saturated carbocycles. The number of hydrogen-bond acceptors (Lipinski definition) is 5. The quantitative estimate of drug-likeness (QED) is 0.569. The number of carbonyl (C=O) groups is 2. The number of sulfonamides is 1. The zero-order valence-electron chi connectivity index (χ0n) is 16.6. The van der Waals surface area contributed by atoms with Crippen LogP contribution in [-0.4, -0.2) is 32.9 Å². The number of amides is 1. The van der Waals surface area contributed by atoms with Gasteiger partial charge in [-0.3, -0.25) is 9.59 Å². The van der Waals surface area contributed by atoms with E-state index in [0.29, 0.717) is 15.7 Å². The third-order valence-corrected chi connectivity index (χ3v) is 6.24. The van der Waals surface area contributed by atoms with Crippen molar-refractivity contribution in [3.63, 3.8) is 0 Å². The predicted molar refractivity (Wildman–Crippen MR) is 116 cm³/mol. The summed E-state index contributed by atoms with van der Waals surface area (Å²) in [5.41, 5.74) is 1.31. The summed E-state index contributed by atoms with van der Waals surface area (Å²) in [5.74, 6) is -1.86. The summed E-state index contributed by atoms with van der Waals surface area (Å²) >= 11 is 11.8. The van der Waals surface area contributed by atoms with Gasteiger partial charge in [-0.25, -0.2) is 8.42 Å². The fraction of sp³-hybridized carbons (Fsp3) is 0.300. The second-order valence-electron chi connectivity index (χ2n) is 6.92. The molecule has 2 aromatic rings. The molecule has 0 aliphatic carbocycles. The molecular weight excluding hydrogens is 451 g/mol. The number of anilines is 1. The fourth-order valence-electron chi connectivity index (χ4n) is 2.40. The molecule has 1 amide bonds. The third kappa shape index (κ3) is 6.70. The van der Waals surface area contributed by atoms with Crippen LogP contribution in [0.3, 0.4) is 0 Å². The predicted octanol–water partition coefficient (Wildman–Crippen LogP) is 3.79. The average molecular weight is 473 g/mol. The summed E-state index contributed by atoms with van der Waals surface area (Å²) in [5, 5.41) is 3.43. The van der Waals surface area contributed by atoms with Crippen LogP contribution in [-0.2, 0) is 24.3 Å². The second-order valence-corrected chi connectivity index (χ2v) is 9.47. The molecule has 0 aromatic heterocycles. The first-order chi connectivity index (χ1) is 14.0. The van der Waals surface area contributed by atoms with Gasteiger partial charge in [0.25, 0.3) is 5.91 Å². The van der Waals surface area contributed by atoms with E-state index in [4.69, 9.17) is 27.9 Å². The van der Waals surface area contributed by atoms with Gasteiger partial charge < -0.3 is 10.1 Å². The van der Waals surface area contributed by atoms with Gasteiger partial charge >= 0.3 is 5.97 Å². The molecule has 2 rings (SSSR count). The van der Waals surface area contributed by atoms with Gasteiger partial charge in [0.1, 0.15) is 6.04 Å². The van der Waals surface area contributed by atoms with E-state index < -0.39 is 40.5 Å².